The molecule has 1 unspecified atom stereocenters. The summed E-state index contributed by atoms with van der Waals surface area (Å²) in [5.74, 6) is -0.223. The summed E-state index contributed by atoms with van der Waals surface area (Å²) in [5.41, 5.74) is 6.33. The molecule has 1 amide bonds. The van der Waals surface area contributed by atoms with Crippen molar-refractivity contribution in [1.29, 1.82) is 0 Å². The van der Waals surface area contributed by atoms with E-state index in [4.69, 9.17) is 5.73 Å². The van der Waals surface area contributed by atoms with E-state index < -0.39 is 5.60 Å². The Bertz CT molecular complexity index is 453. The highest BCUT2D eigenvalue weighted by molar-refractivity contribution is 5.91. The molecule has 0 aromatic heterocycles. The summed E-state index contributed by atoms with van der Waals surface area (Å²) in [6, 6.07) is 7.28. The Labute approximate surface area is 114 Å². The zero-order valence-corrected chi connectivity index (χ0v) is 11.5. The van der Waals surface area contributed by atoms with Crippen LogP contribution in [0, 0.1) is 0 Å². The van der Waals surface area contributed by atoms with Gasteiger partial charge in [-0.25, -0.2) is 0 Å². The Kier molecular flexibility index (Phi) is 5.57. The Morgan fingerprint density at radius 2 is 2.26 bits per heavy atom. The van der Waals surface area contributed by atoms with Crippen molar-refractivity contribution >= 4 is 17.7 Å². The van der Waals surface area contributed by atoms with Crippen LogP contribution in [0.3, 0.4) is 0 Å². The van der Waals surface area contributed by atoms with Crippen LogP contribution in [0.4, 0.5) is 5.69 Å². The number of nitrogens with one attached hydrogen (secondary N) is 1. The molecule has 0 bridgehead atoms. The number of carbonyl (C=O) groups is 1. The summed E-state index contributed by atoms with van der Waals surface area (Å²) in [4.78, 5) is 11.6. The topological polar surface area (TPSA) is 75.3 Å². The fraction of sp³-hybridized carbons (Fsp3) is 0.400. The summed E-state index contributed by atoms with van der Waals surface area (Å²) >= 11 is 0. The molecular formula is C15H22N2O2. The van der Waals surface area contributed by atoms with Crippen molar-refractivity contribution in [1.82, 2.24) is 5.32 Å². The average Bonchev–Trinajstić information content (AvgIpc) is 2.34. The number of anilines is 1. The van der Waals surface area contributed by atoms with Crippen molar-refractivity contribution in [3.63, 3.8) is 0 Å². The molecule has 104 valence electrons. The van der Waals surface area contributed by atoms with Gasteiger partial charge in [-0.05, 0) is 37.1 Å². The van der Waals surface area contributed by atoms with Gasteiger partial charge in [-0.3, -0.25) is 4.79 Å². The molecule has 1 aromatic carbocycles. The Morgan fingerprint density at radius 1 is 1.53 bits per heavy atom. The van der Waals surface area contributed by atoms with Crippen LogP contribution in [0.15, 0.2) is 30.3 Å². The van der Waals surface area contributed by atoms with Crippen LogP contribution in [0.1, 0.15) is 32.3 Å². The van der Waals surface area contributed by atoms with Gasteiger partial charge in [-0.1, -0.05) is 25.5 Å². The van der Waals surface area contributed by atoms with Crippen molar-refractivity contribution < 1.29 is 9.90 Å². The second kappa shape index (κ2) is 6.95. The lowest BCUT2D eigenvalue weighted by Gasteiger charge is -2.22. The smallest absolute Gasteiger partial charge is 0.244 e. The van der Waals surface area contributed by atoms with Crippen LogP contribution in [0.25, 0.3) is 6.08 Å². The van der Waals surface area contributed by atoms with Crippen LogP contribution in [0.2, 0.25) is 0 Å². The van der Waals surface area contributed by atoms with Crippen molar-refractivity contribution in [2.75, 3.05) is 12.3 Å². The molecular weight excluding hydrogens is 240 g/mol. The zero-order valence-electron chi connectivity index (χ0n) is 11.5. The lowest BCUT2D eigenvalue weighted by atomic mass is 10.0. The third-order valence-electron chi connectivity index (χ3n) is 2.77. The lowest BCUT2D eigenvalue weighted by molar-refractivity contribution is -0.117. The third-order valence-corrected chi connectivity index (χ3v) is 2.77. The molecule has 0 heterocycles. The van der Waals surface area contributed by atoms with E-state index in [1.54, 1.807) is 25.1 Å². The van der Waals surface area contributed by atoms with E-state index in [2.05, 4.69) is 5.32 Å². The van der Waals surface area contributed by atoms with Crippen LogP contribution in [-0.4, -0.2) is 23.2 Å². The number of carbonyl (C=O) groups excluding carboxylic acids is 1. The minimum atomic E-state index is -0.852. The van der Waals surface area contributed by atoms with E-state index in [1.807, 2.05) is 19.1 Å². The SMILES string of the molecule is CCCC(C)(O)CNC(=O)/C=C/c1cccc(N)c1. The molecule has 0 fully saturated rings. The van der Waals surface area contributed by atoms with Gasteiger partial charge in [-0.2, -0.15) is 0 Å². The van der Waals surface area contributed by atoms with Crippen molar-refractivity contribution in [3.8, 4) is 0 Å². The largest absolute Gasteiger partial charge is 0.399 e. The number of hydrogen-bond donors (Lipinski definition) is 3. The average molecular weight is 262 g/mol. The first-order valence-corrected chi connectivity index (χ1v) is 6.47. The molecule has 0 aliphatic rings. The van der Waals surface area contributed by atoms with Crippen LogP contribution >= 0.6 is 0 Å². The van der Waals surface area contributed by atoms with Crippen LogP contribution in [0.5, 0.6) is 0 Å². The molecule has 1 atom stereocenters. The van der Waals surface area contributed by atoms with Crippen molar-refractivity contribution in [2.24, 2.45) is 0 Å². The van der Waals surface area contributed by atoms with E-state index in [9.17, 15) is 9.90 Å². The number of hydrogen-bond acceptors (Lipinski definition) is 3. The molecule has 19 heavy (non-hydrogen) atoms. The van der Waals surface area contributed by atoms with Crippen LogP contribution in [-0.2, 0) is 4.79 Å². The van der Waals surface area contributed by atoms with Gasteiger partial charge >= 0.3 is 0 Å². The molecule has 4 nitrogen and oxygen atoms in total. The van der Waals surface area contributed by atoms with E-state index in [-0.39, 0.29) is 12.5 Å². The third kappa shape index (κ3) is 6.06. The standard InChI is InChI=1S/C15H22N2O2/c1-3-9-15(2,19)11-17-14(18)8-7-12-5-4-6-13(16)10-12/h4-8,10,19H,3,9,11,16H2,1-2H3,(H,17,18)/b8-7+. The number of aliphatic hydroxyl groups is 1. The minimum absolute atomic E-state index is 0.223. The molecule has 0 spiro atoms. The zero-order chi connectivity index (χ0) is 14.3. The molecule has 0 aliphatic carbocycles. The fourth-order valence-corrected chi connectivity index (χ4v) is 1.80. The van der Waals surface area contributed by atoms with Gasteiger partial charge in [0.05, 0.1) is 5.60 Å². The number of amides is 1. The van der Waals surface area contributed by atoms with Gasteiger partial charge < -0.3 is 16.2 Å². The summed E-state index contributed by atoms with van der Waals surface area (Å²) < 4.78 is 0. The Hall–Kier alpha value is -1.81. The summed E-state index contributed by atoms with van der Waals surface area (Å²) in [6.07, 6.45) is 4.67. The number of rotatable bonds is 6. The highest BCUT2D eigenvalue weighted by Gasteiger charge is 2.18. The first-order chi connectivity index (χ1) is 8.93. The second-order valence-corrected chi connectivity index (χ2v) is 4.97. The number of benzene rings is 1. The summed E-state index contributed by atoms with van der Waals surface area (Å²) in [7, 11) is 0. The molecule has 0 radical (unpaired) electrons. The van der Waals surface area contributed by atoms with E-state index >= 15 is 0 Å². The lowest BCUT2D eigenvalue weighted by Crippen LogP contribution is -2.39. The van der Waals surface area contributed by atoms with Gasteiger partial charge in [0, 0.05) is 18.3 Å². The molecule has 0 aliphatic heterocycles. The molecule has 4 heteroatoms. The van der Waals surface area contributed by atoms with Gasteiger partial charge in [0.15, 0.2) is 0 Å². The molecule has 4 N–H and O–H groups in total. The summed E-state index contributed by atoms with van der Waals surface area (Å²) in [5, 5.41) is 12.6. The van der Waals surface area contributed by atoms with Gasteiger partial charge in [0.1, 0.15) is 0 Å². The first-order valence-electron chi connectivity index (χ1n) is 6.47. The fourth-order valence-electron chi connectivity index (χ4n) is 1.80. The minimum Gasteiger partial charge on any atom is -0.399 e. The van der Waals surface area contributed by atoms with E-state index in [0.717, 1.165) is 12.0 Å². The van der Waals surface area contributed by atoms with E-state index in [0.29, 0.717) is 12.1 Å². The van der Waals surface area contributed by atoms with Gasteiger partial charge in [0.2, 0.25) is 5.91 Å². The molecule has 0 saturated carbocycles. The second-order valence-electron chi connectivity index (χ2n) is 4.97. The number of nitrogen functional groups attached to an aromatic ring is 1. The van der Waals surface area contributed by atoms with Crippen LogP contribution < -0.4 is 11.1 Å². The first kappa shape index (κ1) is 15.2. The quantitative estimate of drug-likeness (QED) is 0.542. The maximum absolute atomic E-state index is 11.6. The Morgan fingerprint density at radius 3 is 2.89 bits per heavy atom. The molecule has 0 saturated heterocycles. The predicted molar refractivity (Wildman–Crippen MR) is 78.4 cm³/mol. The summed E-state index contributed by atoms with van der Waals surface area (Å²) in [6.45, 7) is 3.97. The molecule has 1 rings (SSSR count). The Balaban J connectivity index is 2.47. The highest BCUT2D eigenvalue weighted by atomic mass is 16.3. The normalized spacial score (nSPS) is 14.3. The van der Waals surface area contributed by atoms with E-state index in [1.165, 1.54) is 6.08 Å². The predicted octanol–water partition coefficient (Wildman–Crippen LogP) is 1.95. The van der Waals surface area contributed by atoms with Gasteiger partial charge in [-0.15, -0.1) is 0 Å². The van der Waals surface area contributed by atoms with Crippen molar-refractivity contribution in [2.45, 2.75) is 32.3 Å². The van der Waals surface area contributed by atoms with Gasteiger partial charge in [0.25, 0.3) is 0 Å². The van der Waals surface area contributed by atoms with Crippen molar-refractivity contribution in [3.05, 3.63) is 35.9 Å². The monoisotopic (exact) mass is 262 g/mol. The molecule has 1 aromatic rings. The number of nitrogens with two attached hydrogens (primary N) is 1. The highest BCUT2D eigenvalue weighted by Crippen LogP contribution is 2.10. The maximum atomic E-state index is 11.6. The maximum Gasteiger partial charge on any atom is 0.244 e.